The number of nitrogens with zero attached hydrogens (tertiary/aromatic N) is 4. The van der Waals surface area contributed by atoms with Gasteiger partial charge in [0.2, 0.25) is 0 Å². The van der Waals surface area contributed by atoms with Gasteiger partial charge in [-0.25, -0.2) is 0 Å². The number of pyridine rings is 1. The van der Waals surface area contributed by atoms with E-state index in [-0.39, 0.29) is 0 Å². The largest absolute Gasteiger partial charge is 0.274 e. The molecule has 0 aromatic carbocycles. The molecule has 0 unspecified atom stereocenters. The number of hydrogen-bond acceptors (Lipinski definition) is 3. The zero-order chi connectivity index (χ0) is 9.97. The van der Waals surface area contributed by atoms with Gasteiger partial charge in [0.1, 0.15) is 6.07 Å². The second-order valence-electron chi connectivity index (χ2n) is 2.92. The van der Waals surface area contributed by atoms with Crippen molar-refractivity contribution in [3.63, 3.8) is 0 Å². The van der Waals surface area contributed by atoms with Crippen LogP contribution >= 0.6 is 0 Å². The normalized spacial score (nSPS) is 9.71. The third-order valence-corrected chi connectivity index (χ3v) is 1.91. The van der Waals surface area contributed by atoms with Crippen LogP contribution in [0, 0.1) is 11.3 Å². The molecule has 2 heterocycles. The fourth-order valence-corrected chi connectivity index (χ4v) is 1.30. The molecular formula is C10H8N4. The van der Waals surface area contributed by atoms with Crippen LogP contribution in [0.15, 0.2) is 30.7 Å². The van der Waals surface area contributed by atoms with Crippen molar-refractivity contribution in [3.8, 4) is 17.2 Å². The fourth-order valence-electron chi connectivity index (χ4n) is 1.30. The summed E-state index contributed by atoms with van der Waals surface area (Å²) in [5.74, 6) is 0. The lowest BCUT2D eigenvalue weighted by atomic mass is 10.1. The van der Waals surface area contributed by atoms with Gasteiger partial charge in [0.15, 0.2) is 5.69 Å². The van der Waals surface area contributed by atoms with Gasteiger partial charge in [-0.3, -0.25) is 9.67 Å². The summed E-state index contributed by atoms with van der Waals surface area (Å²) in [5.41, 5.74) is 2.17. The Balaban J connectivity index is 2.58. The van der Waals surface area contributed by atoms with E-state index < -0.39 is 0 Å². The van der Waals surface area contributed by atoms with E-state index in [4.69, 9.17) is 5.26 Å². The summed E-state index contributed by atoms with van der Waals surface area (Å²) >= 11 is 0. The average Bonchev–Trinajstić information content (AvgIpc) is 2.61. The Morgan fingerprint density at radius 2 is 2.36 bits per heavy atom. The van der Waals surface area contributed by atoms with Gasteiger partial charge in [-0.1, -0.05) is 6.07 Å². The first-order valence-corrected chi connectivity index (χ1v) is 4.15. The number of aryl methyl sites for hydroxylation is 1. The molecule has 0 saturated carbocycles. The molecule has 0 aliphatic heterocycles. The van der Waals surface area contributed by atoms with E-state index in [0.717, 1.165) is 11.1 Å². The SMILES string of the molecule is Cn1cc(-c2cccnc2)c(C#N)n1. The van der Waals surface area contributed by atoms with Gasteiger partial charge >= 0.3 is 0 Å². The van der Waals surface area contributed by atoms with Crippen molar-refractivity contribution in [1.29, 1.82) is 5.26 Å². The third kappa shape index (κ3) is 1.36. The second-order valence-corrected chi connectivity index (χ2v) is 2.92. The summed E-state index contributed by atoms with van der Waals surface area (Å²) in [6.45, 7) is 0. The number of rotatable bonds is 1. The Hall–Kier alpha value is -2.15. The van der Waals surface area contributed by atoms with Gasteiger partial charge in [-0.15, -0.1) is 0 Å². The molecule has 2 rings (SSSR count). The maximum atomic E-state index is 8.85. The highest BCUT2D eigenvalue weighted by molar-refractivity contribution is 5.66. The minimum Gasteiger partial charge on any atom is -0.274 e. The molecule has 14 heavy (non-hydrogen) atoms. The Labute approximate surface area is 81.4 Å². The highest BCUT2D eigenvalue weighted by Crippen LogP contribution is 2.20. The summed E-state index contributed by atoms with van der Waals surface area (Å²) in [5, 5.41) is 12.9. The van der Waals surface area contributed by atoms with Gasteiger partial charge in [0.25, 0.3) is 0 Å². The smallest absolute Gasteiger partial charge is 0.170 e. The maximum Gasteiger partial charge on any atom is 0.170 e. The lowest BCUT2D eigenvalue weighted by Crippen LogP contribution is -1.86. The quantitative estimate of drug-likeness (QED) is 0.672. The van der Waals surface area contributed by atoms with Crippen LogP contribution in [0.1, 0.15) is 5.69 Å². The maximum absolute atomic E-state index is 8.85. The van der Waals surface area contributed by atoms with Crippen LogP contribution in [0.4, 0.5) is 0 Å². The highest BCUT2D eigenvalue weighted by Gasteiger charge is 2.08. The molecule has 0 aliphatic rings. The zero-order valence-electron chi connectivity index (χ0n) is 7.68. The van der Waals surface area contributed by atoms with Crippen molar-refractivity contribution >= 4 is 0 Å². The molecule has 2 aromatic heterocycles. The van der Waals surface area contributed by atoms with E-state index in [1.54, 1.807) is 24.1 Å². The molecule has 2 aromatic rings. The van der Waals surface area contributed by atoms with Crippen molar-refractivity contribution in [2.45, 2.75) is 0 Å². The standard InChI is InChI=1S/C10H8N4/c1-14-7-9(10(5-11)13-14)8-3-2-4-12-6-8/h2-4,6-7H,1H3. The van der Waals surface area contributed by atoms with E-state index in [2.05, 4.69) is 16.2 Å². The molecule has 0 amide bonds. The molecule has 68 valence electrons. The monoisotopic (exact) mass is 184 g/mol. The molecule has 0 saturated heterocycles. The number of aromatic nitrogens is 3. The lowest BCUT2D eigenvalue weighted by Gasteiger charge is -1.94. The zero-order valence-corrected chi connectivity index (χ0v) is 7.68. The van der Waals surface area contributed by atoms with Gasteiger partial charge in [0, 0.05) is 36.8 Å². The predicted molar refractivity (Wildman–Crippen MR) is 51.2 cm³/mol. The van der Waals surface area contributed by atoms with Crippen LogP contribution in [0.3, 0.4) is 0 Å². The number of hydrogen-bond donors (Lipinski definition) is 0. The van der Waals surface area contributed by atoms with Gasteiger partial charge in [-0.2, -0.15) is 10.4 Å². The van der Waals surface area contributed by atoms with Crippen molar-refractivity contribution in [2.24, 2.45) is 7.05 Å². The van der Waals surface area contributed by atoms with Crippen LogP contribution in [0.5, 0.6) is 0 Å². The Morgan fingerprint density at radius 1 is 1.50 bits per heavy atom. The Bertz CT molecular complexity index is 479. The molecule has 0 radical (unpaired) electrons. The summed E-state index contributed by atoms with van der Waals surface area (Å²) in [6, 6.07) is 5.80. The first-order valence-electron chi connectivity index (χ1n) is 4.15. The van der Waals surface area contributed by atoms with Crippen molar-refractivity contribution < 1.29 is 0 Å². The van der Waals surface area contributed by atoms with Crippen LogP contribution in [-0.4, -0.2) is 14.8 Å². The van der Waals surface area contributed by atoms with Crippen LogP contribution < -0.4 is 0 Å². The van der Waals surface area contributed by atoms with E-state index in [0.29, 0.717) is 5.69 Å². The summed E-state index contributed by atoms with van der Waals surface area (Å²) in [4.78, 5) is 4.00. The molecule has 4 nitrogen and oxygen atoms in total. The Morgan fingerprint density at radius 3 is 3.00 bits per heavy atom. The lowest BCUT2D eigenvalue weighted by molar-refractivity contribution is 0.763. The topological polar surface area (TPSA) is 54.5 Å². The average molecular weight is 184 g/mol. The van der Waals surface area contributed by atoms with Crippen LogP contribution in [0.25, 0.3) is 11.1 Å². The molecule has 0 bridgehead atoms. The predicted octanol–water partition coefficient (Wildman–Crippen LogP) is 1.35. The molecule has 4 heteroatoms. The third-order valence-electron chi connectivity index (χ3n) is 1.91. The number of nitriles is 1. The van der Waals surface area contributed by atoms with Crippen molar-refractivity contribution in [1.82, 2.24) is 14.8 Å². The molecule has 0 fully saturated rings. The molecular weight excluding hydrogens is 176 g/mol. The first-order chi connectivity index (χ1) is 6.81. The van der Waals surface area contributed by atoms with E-state index >= 15 is 0 Å². The van der Waals surface area contributed by atoms with Gasteiger partial charge < -0.3 is 0 Å². The van der Waals surface area contributed by atoms with Gasteiger partial charge in [0.05, 0.1) is 0 Å². The molecule has 0 N–H and O–H groups in total. The van der Waals surface area contributed by atoms with E-state index in [1.165, 1.54) is 0 Å². The van der Waals surface area contributed by atoms with Crippen LogP contribution in [-0.2, 0) is 7.05 Å². The molecule has 0 spiro atoms. The minimum atomic E-state index is 0.431. The summed E-state index contributed by atoms with van der Waals surface area (Å²) in [6.07, 6.45) is 5.24. The van der Waals surface area contributed by atoms with Crippen molar-refractivity contribution in [2.75, 3.05) is 0 Å². The first kappa shape index (κ1) is 8.45. The summed E-state index contributed by atoms with van der Waals surface area (Å²) < 4.78 is 1.63. The van der Waals surface area contributed by atoms with Gasteiger partial charge in [-0.05, 0) is 6.07 Å². The second kappa shape index (κ2) is 3.30. The van der Waals surface area contributed by atoms with Crippen LogP contribution in [0.2, 0.25) is 0 Å². The molecule has 0 atom stereocenters. The Kier molecular flexibility index (Phi) is 1.99. The highest BCUT2D eigenvalue weighted by atomic mass is 15.2. The van der Waals surface area contributed by atoms with E-state index in [9.17, 15) is 0 Å². The fraction of sp³-hybridized carbons (Fsp3) is 0.100. The van der Waals surface area contributed by atoms with E-state index in [1.807, 2.05) is 18.3 Å². The minimum absolute atomic E-state index is 0.431. The summed E-state index contributed by atoms with van der Waals surface area (Å²) in [7, 11) is 1.79. The molecule has 0 aliphatic carbocycles. The van der Waals surface area contributed by atoms with Crippen molar-refractivity contribution in [3.05, 3.63) is 36.4 Å².